The third-order valence-electron chi connectivity index (χ3n) is 4.59. The van der Waals surface area contributed by atoms with Gasteiger partial charge in [0.25, 0.3) is 0 Å². The molecule has 8 heteroatoms. The summed E-state index contributed by atoms with van der Waals surface area (Å²) in [5.41, 5.74) is 2.87. The molecule has 0 radical (unpaired) electrons. The predicted molar refractivity (Wildman–Crippen MR) is 111 cm³/mol. The SMILES string of the molecule is N#Cc1cccc(-c2ccc3c(n2)N(C(=O)Nc2cnccn2)CCCCN3)c1. The normalized spacial score (nSPS) is 13.3. The smallest absolute Gasteiger partial charge is 0.328 e. The molecule has 1 aliphatic heterocycles. The van der Waals surface area contributed by atoms with Crippen LogP contribution in [0.4, 0.5) is 22.1 Å². The van der Waals surface area contributed by atoms with Crippen LogP contribution in [0.15, 0.2) is 55.0 Å². The van der Waals surface area contributed by atoms with Crippen molar-refractivity contribution in [2.45, 2.75) is 12.8 Å². The van der Waals surface area contributed by atoms with E-state index in [0.717, 1.165) is 30.6 Å². The molecule has 3 aromatic rings. The predicted octanol–water partition coefficient (Wildman–Crippen LogP) is 3.65. The fraction of sp³-hybridized carbons (Fsp3) is 0.190. The number of hydrogen-bond donors (Lipinski definition) is 2. The van der Waals surface area contributed by atoms with Crippen molar-refractivity contribution in [3.05, 3.63) is 60.6 Å². The molecule has 4 rings (SSSR count). The highest BCUT2D eigenvalue weighted by atomic mass is 16.2. The first-order chi connectivity index (χ1) is 14.2. The van der Waals surface area contributed by atoms with Gasteiger partial charge < -0.3 is 5.32 Å². The highest BCUT2D eigenvalue weighted by molar-refractivity contribution is 6.02. The van der Waals surface area contributed by atoms with Gasteiger partial charge in [-0.15, -0.1) is 0 Å². The second-order valence-corrected chi connectivity index (χ2v) is 6.57. The van der Waals surface area contributed by atoms with Crippen LogP contribution in [0.25, 0.3) is 11.3 Å². The van der Waals surface area contributed by atoms with Gasteiger partial charge in [0.2, 0.25) is 0 Å². The standard InChI is InChI=1S/C21H19N7O/c22-13-15-4-3-5-16(12-15)17-6-7-18-20(26-17)28(11-2-1-8-24-18)21(29)27-19-14-23-9-10-25-19/h3-7,9-10,12,14,24H,1-2,8,11H2,(H,25,27,29). The van der Waals surface area contributed by atoms with Crippen molar-refractivity contribution in [3.63, 3.8) is 0 Å². The van der Waals surface area contributed by atoms with E-state index in [2.05, 4.69) is 26.7 Å². The summed E-state index contributed by atoms with van der Waals surface area (Å²) < 4.78 is 0. The van der Waals surface area contributed by atoms with E-state index in [4.69, 9.17) is 4.98 Å². The summed E-state index contributed by atoms with van der Waals surface area (Å²) in [6.45, 7) is 1.35. The number of urea groups is 1. The number of hydrogen-bond acceptors (Lipinski definition) is 6. The molecule has 0 unspecified atom stereocenters. The van der Waals surface area contributed by atoms with E-state index in [1.54, 1.807) is 23.2 Å². The third kappa shape index (κ3) is 4.14. The summed E-state index contributed by atoms with van der Waals surface area (Å²) in [4.78, 5) is 27.4. The minimum Gasteiger partial charge on any atom is -0.382 e. The Bertz CT molecular complexity index is 1060. The zero-order chi connectivity index (χ0) is 20.1. The first kappa shape index (κ1) is 18.4. The molecule has 2 N–H and O–H groups in total. The maximum atomic E-state index is 13.0. The van der Waals surface area contributed by atoms with Crippen LogP contribution in [0, 0.1) is 11.3 Å². The Morgan fingerprint density at radius 2 is 2.14 bits per heavy atom. The van der Waals surface area contributed by atoms with Crippen molar-refractivity contribution in [1.82, 2.24) is 15.0 Å². The summed E-state index contributed by atoms with van der Waals surface area (Å²) >= 11 is 0. The number of pyridine rings is 1. The number of rotatable bonds is 2. The van der Waals surface area contributed by atoms with Gasteiger partial charge >= 0.3 is 6.03 Å². The number of carbonyl (C=O) groups is 1. The molecular formula is C21H19N7O. The lowest BCUT2D eigenvalue weighted by atomic mass is 10.1. The number of nitrogens with one attached hydrogen (secondary N) is 2. The minimum atomic E-state index is -0.314. The number of benzene rings is 1. The zero-order valence-electron chi connectivity index (χ0n) is 15.7. The number of nitrogens with zero attached hydrogens (tertiary/aromatic N) is 5. The van der Waals surface area contributed by atoms with Crippen LogP contribution in [0.1, 0.15) is 18.4 Å². The van der Waals surface area contributed by atoms with Gasteiger partial charge in [-0.3, -0.25) is 15.2 Å². The van der Waals surface area contributed by atoms with Gasteiger partial charge in [0.05, 0.1) is 29.2 Å². The lowest BCUT2D eigenvalue weighted by Crippen LogP contribution is -2.38. The van der Waals surface area contributed by atoms with Crippen molar-refractivity contribution in [2.75, 3.05) is 28.6 Å². The van der Waals surface area contributed by atoms with E-state index in [1.807, 2.05) is 24.3 Å². The maximum absolute atomic E-state index is 13.0. The van der Waals surface area contributed by atoms with Gasteiger partial charge in [-0.25, -0.2) is 14.8 Å². The summed E-state index contributed by atoms with van der Waals surface area (Å²) in [5.74, 6) is 0.929. The molecule has 0 saturated carbocycles. The monoisotopic (exact) mass is 385 g/mol. The molecule has 144 valence electrons. The Kier molecular flexibility index (Phi) is 5.29. The maximum Gasteiger partial charge on any atom is 0.328 e. The molecule has 0 fully saturated rings. The second kappa shape index (κ2) is 8.35. The summed E-state index contributed by atoms with van der Waals surface area (Å²) in [6, 6.07) is 12.9. The third-order valence-corrected chi connectivity index (χ3v) is 4.59. The fourth-order valence-electron chi connectivity index (χ4n) is 3.16. The summed E-state index contributed by atoms with van der Waals surface area (Å²) in [6.07, 6.45) is 6.36. The van der Waals surface area contributed by atoms with Crippen LogP contribution < -0.4 is 15.5 Å². The molecule has 29 heavy (non-hydrogen) atoms. The van der Waals surface area contributed by atoms with Crippen molar-refractivity contribution in [3.8, 4) is 17.3 Å². The van der Waals surface area contributed by atoms with Gasteiger partial charge in [0.1, 0.15) is 0 Å². The molecule has 0 saturated heterocycles. The van der Waals surface area contributed by atoms with Gasteiger partial charge in [0, 0.05) is 31.0 Å². The van der Waals surface area contributed by atoms with E-state index in [1.165, 1.54) is 12.4 Å². The number of fused-ring (bicyclic) bond motifs is 1. The van der Waals surface area contributed by atoms with E-state index in [-0.39, 0.29) is 6.03 Å². The molecule has 2 amide bonds. The first-order valence-electron chi connectivity index (χ1n) is 9.34. The van der Waals surface area contributed by atoms with E-state index in [0.29, 0.717) is 29.4 Å². The van der Waals surface area contributed by atoms with Gasteiger partial charge in [-0.05, 0) is 37.1 Å². The Morgan fingerprint density at radius 1 is 1.21 bits per heavy atom. The Hall–Kier alpha value is -3.99. The summed E-state index contributed by atoms with van der Waals surface area (Å²) in [5, 5.41) is 15.3. The van der Waals surface area contributed by atoms with Crippen molar-refractivity contribution < 1.29 is 4.79 Å². The molecule has 1 aromatic carbocycles. The molecule has 8 nitrogen and oxygen atoms in total. The van der Waals surface area contributed by atoms with Crippen molar-refractivity contribution in [1.29, 1.82) is 5.26 Å². The lowest BCUT2D eigenvalue weighted by Gasteiger charge is -2.27. The Morgan fingerprint density at radius 3 is 2.97 bits per heavy atom. The number of anilines is 3. The van der Waals surface area contributed by atoms with Crippen molar-refractivity contribution >= 4 is 23.4 Å². The highest BCUT2D eigenvalue weighted by Crippen LogP contribution is 2.30. The van der Waals surface area contributed by atoms with Crippen molar-refractivity contribution in [2.24, 2.45) is 0 Å². The molecular weight excluding hydrogens is 366 g/mol. The van der Waals surface area contributed by atoms with E-state index in [9.17, 15) is 10.1 Å². The topological polar surface area (TPSA) is 107 Å². The van der Waals surface area contributed by atoms with Gasteiger partial charge in [-0.1, -0.05) is 12.1 Å². The summed E-state index contributed by atoms with van der Waals surface area (Å²) in [7, 11) is 0. The first-order valence-corrected chi connectivity index (χ1v) is 9.34. The molecule has 3 heterocycles. The largest absolute Gasteiger partial charge is 0.382 e. The molecule has 0 aliphatic carbocycles. The molecule has 2 aromatic heterocycles. The van der Waals surface area contributed by atoms with Crippen LogP contribution >= 0.6 is 0 Å². The van der Waals surface area contributed by atoms with Gasteiger partial charge in [-0.2, -0.15) is 5.26 Å². The Balaban J connectivity index is 1.71. The Labute approximate surface area is 168 Å². The average Bonchev–Trinajstić information content (AvgIpc) is 2.75. The molecule has 0 bridgehead atoms. The second-order valence-electron chi connectivity index (χ2n) is 6.57. The average molecular weight is 385 g/mol. The minimum absolute atomic E-state index is 0.314. The van der Waals surface area contributed by atoms with E-state index < -0.39 is 0 Å². The van der Waals surface area contributed by atoms with Crippen LogP contribution in [-0.2, 0) is 0 Å². The van der Waals surface area contributed by atoms with Crippen LogP contribution in [0.2, 0.25) is 0 Å². The van der Waals surface area contributed by atoms with Crippen LogP contribution in [0.5, 0.6) is 0 Å². The van der Waals surface area contributed by atoms with E-state index >= 15 is 0 Å². The quantitative estimate of drug-likeness (QED) is 0.697. The number of amides is 2. The fourth-order valence-corrected chi connectivity index (χ4v) is 3.16. The number of aromatic nitrogens is 3. The molecule has 0 spiro atoms. The van der Waals surface area contributed by atoms with Crippen LogP contribution in [-0.4, -0.2) is 34.1 Å². The highest BCUT2D eigenvalue weighted by Gasteiger charge is 2.23. The van der Waals surface area contributed by atoms with Gasteiger partial charge in [0.15, 0.2) is 11.6 Å². The van der Waals surface area contributed by atoms with Crippen LogP contribution in [0.3, 0.4) is 0 Å². The number of carbonyl (C=O) groups excluding carboxylic acids is 1. The lowest BCUT2D eigenvalue weighted by molar-refractivity contribution is 0.256. The number of nitriles is 1. The molecule has 0 atom stereocenters. The zero-order valence-corrected chi connectivity index (χ0v) is 15.7. The molecule has 1 aliphatic rings.